The number of anilines is 3. The maximum Gasteiger partial charge on any atom is 0.276 e. The molecule has 3 aromatic carbocycles. The zero-order chi connectivity index (χ0) is 25.9. The van der Waals surface area contributed by atoms with Crippen molar-refractivity contribution in [1.82, 2.24) is 0 Å². The number of ether oxygens (including phenoxy) is 1. The van der Waals surface area contributed by atoms with Crippen LogP contribution in [0.25, 0.3) is 0 Å². The molecule has 0 bridgehead atoms. The summed E-state index contributed by atoms with van der Waals surface area (Å²) >= 11 is 1.08. The van der Waals surface area contributed by atoms with Crippen molar-refractivity contribution in [3.05, 3.63) is 78.4 Å². The van der Waals surface area contributed by atoms with Crippen molar-refractivity contribution < 1.29 is 24.2 Å². The fourth-order valence-corrected chi connectivity index (χ4v) is 4.94. The fourth-order valence-electron chi connectivity index (χ4n) is 3.85. The van der Waals surface area contributed by atoms with Gasteiger partial charge in [-0.15, -0.1) is 10.2 Å². The number of nitrogens with one attached hydrogen (secondary N) is 2. The van der Waals surface area contributed by atoms with E-state index >= 15 is 0 Å². The lowest BCUT2D eigenvalue weighted by atomic mass is 10.1. The van der Waals surface area contributed by atoms with Gasteiger partial charge >= 0.3 is 0 Å². The monoisotopic (exact) mass is 515 g/mol. The number of phenols is 1. The van der Waals surface area contributed by atoms with Crippen molar-refractivity contribution in [1.29, 1.82) is 0 Å². The Bertz CT molecular complexity index is 1440. The largest absolute Gasteiger partial charge is 0.508 e. The van der Waals surface area contributed by atoms with E-state index in [0.29, 0.717) is 28.4 Å². The van der Waals surface area contributed by atoms with E-state index in [1.165, 1.54) is 17.0 Å². The molecule has 1 saturated heterocycles. The van der Waals surface area contributed by atoms with Gasteiger partial charge in [-0.05, 0) is 54.6 Å². The smallest absolute Gasteiger partial charge is 0.276 e. The second kappa shape index (κ2) is 10.2. The molecule has 2 aliphatic rings. The van der Waals surface area contributed by atoms with E-state index in [4.69, 9.17) is 4.74 Å². The predicted octanol–water partition coefficient (Wildman–Crippen LogP) is 3.59. The topological polar surface area (TPSA) is 133 Å². The van der Waals surface area contributed by atoms with Crippen LogP contribution in [0.1, 0.15) is 12.0 Å². The Balaban J connectivity index is 1.40. The molecule has 3 N–H and O–H groups in total. The molecule has 2 heterocycles. The number of aromatic hydroxyl groups is 1. The summed E-state index contributed by atoms with van der Waals surface area (Å²) < 4.78 is 5.12. The molecule has 1 unspecified atom stereocenters. The van der Waals surface area contributed by atoms with Gasteiger partial charge in [0.1, 0.15) is 16.7 Å². The van der Waals surface area contributed by atoms with Crippen molar-refractivity contribution in [3.63, 3.8) is 0 Å². The zero-order valence-corrected chi connectivity index (χ0v) is 20.4. The van der Waals surface area contributed by atoms with Crippen molar-refractivity contribution in [2.24, 2.45) is 10.2 Å². The van der Waals surface area contributed by atoms with Gasteiger partial charge in [0.15, 0.2) is 10.9 Å². The SMILES string of the molecule is COc1ccc(NC(=O)CC2SC(=N/N=C3\C(=O)Nc4ccccc43)N(c3ccc(O)cc3)C2=O)cc1. The van der Waals surface area contributed by atoms with Crippen LogP contribution < -0.4 is 20.3 Å². The van der Waals surface area contributed by atoms with Crippen LogP contribution in [0, 0.1) is 0 Å². The van der Waals surface area contributed by atoms with Crippen LogP contribution in [0.5, 0.6) is 11.5 Å². The number of benzene rings is 3. The highest BCUT2D eigenvalue weighted by Crippen LogP contribution is 2.35. The molecule has 1 atom stereocenters. The van der Waals surface area contributed by atoms with Gasteiger partial charge in [0.05, 0.1) is 18.5 Å². The molecule has 0 radical (unpaired) electrons. The Morgan fingerprint density at radius 3 is 2.51 bits per heavy atom. The number of hydrogen-bond donors (Lipinski definition) is 3. The minimum Gasteiger partial charge on any atom is -0.508 e. The van der Waals surface area contributed by atoms with E-state index in [9.17, 15) is 19.5 Å². The molecule has 0 aliphatic carbocycles. The summed E-state index contributed by atoms with van der Waals surface area (Å²) in [6, 6.07) is 20.0. The number of rotatable bonds is 6. The molecule has 3 amide bonds. The van der Waals surface area contributed by atoms with Gasteiger partial charge in [-0.25, -0.2) is 0 Å². The molecule has 0 saturated carbocycles. The van der Waals surface area contributed by atoms with Gasteiger partial charge in [-0.2, -0.15) is 0 Å². The number of carbonyl (C=O) groups excluding carboxylic acids is 3. The quantitative estimate of drug-likeness (QED) is 0.430. The molecule has 5 rings (SSSR count). The third kappa shape index (κ3) is 5.02. The first-order valence-electron chi connectivity index (χ1n) is 11.2. The normalized spacial score (nSPS) is 18.7. The van der Waals surface area contributed by atoms with Crippen LogP contribution in [0.2, 0.25) is 0 Å². The Morgan fingerprint density at radius 2 is 1.78 bits per heavy atom. The molecular formula is C26H21N5O5S. The van der Waals surface area contributed by atoms with Crippen LogP contribution in [-0.4, -0.2) is 46.1 Å². The summed E-state index contributed by atoms with van der Waals surface area (Å²) in [6.45, 7) is 0. The van der Waals surface area contributed by atoms with E-state index in [0.717, 1.165) is 11.8 Å². The van der Waals surface area contributed by atoms with Crippen molar-refractivity contribution in [3.8, 4) is 11.5 Å². The van der Waals surface area contributed by atoms with Crippen LogP contribution in [0.4, 0.5) is 17.1 Å². The number of methoxy groups -OCH3 is 1. The molecule has 37 heavy (non-hydrogen) atoms. The zero-order valence-electron chi connectivity index (χ0n) is 19.5. The van der Waals surface area contributed by atoms with Crippen LogP contribution in [0.3, 0.4) is 0 Å². The maximum atomic E-state index is 13.4. The van der Waals surface area contributed by atoms with Gasteiger partial charge in [0.2, 0.25) is 11.8 Å². The molecule has 0 aromatic heterocycles. The highest BCUT2D eigenvalue weighted by atomic mass is 32.2. The van der Waals surface area contributed by atoms with E-state index in [1.807, 2.05) is 0 Å². The summed E-state index contributed by atoms with van der Waals surface area (Å²) in [6.07, 6.45) is -0.108. The Morgan fingerprint density at radius 1 is 1.05 bits per heavy atom. The summed E-state index contributed by atoms with van der Waals surface area (Å²) in [5.74, 6) is -0.415. The Kier molecular flexibility index (Phi) is 6.60. The first-order valence-corrected chi connectivity index (χ1v) is 12.1. The van der Waals surface area contributed by atoms with E-state index in [-0.39, 0.29) is 34.9 Å². The highest BCUT2D eigenvalue weighted by Gasteiger charge is 2.40. The molecule has 10 nitrogen and oxygen atoms in total. The van der Waals surface area contributed by atoms with Crippen molar-refractivity contribution in [2.75, 3.05) is 22.6 Å². The number of carbonyl (C=O) groups is 3. The minimum absolute atomic E-state index is 0.0384. The maximum absolute atomic E-state index is 13.4. The van der Waals surface area contributed by atoms with Crippen molar-refractivity contribution >= 4 is 57.4 Å². The van der Waals surface area contributed by atoms with Crippen LogP contribution >= 0.6 is 11.8 Å². The first kappa shape index (κ1) is 24.1. The number of nitrogens with zero attached hydrogens (tertiary/aromatic N) is 3. The highest BCUT2D eigenvalue weighted by molar-refractivity contribution is 8.16. The molecule has 186 valence electrons. The predicted molar refractivity (Wildman–Crippen MR) is 142 cm³/mol. The van der Waals surface area contributed by atoms with E-state index in [2.05, 4.69) is 20.8 Å². The number of fused-ring (bicyclic) bond motifs is 1. The average molecular weight is 516 g/mol. The fraction of sp³-hybridized carbons (Fsp3) is 0.115. The number of hydrogen-bond acceptors (Lipinski definition) is 8. The summed E-state index contributed by atoms with van der Waals surface area (Å²) in [5, 5.41) is 23.1. The second-order valence-corrected chi connectivity index (χ2v) is 9.28. The van der Waals surface area contributed by atoms with Gasteiger partial charge < -0.3 is 20.5 Å². The molecule has 0 spiro atoms. The lowest BCUT2D eigenvalue weighted by Crippen LogP contribution is -2.33. The number of phenolic OH excluding ortho intramolecular Hbond substituents is 1. The Labute approximate surface area is 216 Å². The third-order valence-corrected chi connectivity index (χ3v) is 6.80. The summed E-state index contributed by atoms with van der Waals surface area (Å²) in [5.41, 5.74) is 2.39. The summed E-state index contributed by atoms with van der Waals surface area (Å²) in [7, 11) is 1.55. The number of amides is 3. The van der Waals surface area contributed by atoms with Gasteiger partial charge in [-0.1, -0.05) is 30.0 Å². The number of amidine groups is 1. The average Bonchev–Trinajstić information content (AvgIpc) is 3.38. The first-order chi connectivity index (χ1) is 17.9. The van der Waals surface area contributed by atoms with Crippen LogP contribution in [0.15, 0.2) is 83.0 Å². The lowest BCUT2D eigenvalue weighted by molar-refractivity contribution is -0.121. The Hall–Kier alpha value is -4.64. The van der Waals surface area contributed by atoms with Gasteiger partial charge in [0, 0.05) is 17.7 Å². The molecule has 2 aliphatic heterocycles. The number of para-hydroxylation sites is 1. The lowest BCUT2D eigenvalue weighted by Gasteiger charge is -2.16. The van der Waals surface area contributed by atoms with Gasteiger partial charge in [0.25, 0.3) is 5.91 Å². The van der Waals surface area contributed by atoms with Crippen molar-refractivity contribution in [2.45, 2.75) is 11.7 Å². The molecular weight excluding hydrogens is 494 g/mol. The molecule has 3 aromatic rings. The summed E-state index contributed by atoms with van der Waals surface area (Å²) in [4.78, 5) is 39.9. The minimum atomic E-state index is -0.768. The van der Waals surface area contributed by atoms with E-state index in [1.54, 1.807) is 67.8 Å². The number of thioether (sulfide) groups is 1. The van der Waals surface area contributed by atoms with E-state index < -0.39 is 11.2 Å². The molecule has 11 heteroatoms. The standard InChI is InChI=1S/C26H21N5O5S/c1-36-18-12-6-15(7-13-18)27-22(33)14-21-25(35)31(16-8-10-17(32)11-9-16)26(37-21)30-29-23-19-4-2-3-5-20(19)28-24(23)34/h2-13,21,32H,14H2,1H3,(H,27,33)(H,28,29,34). The van der Waals surface area contributed by atoms with Crippen LogP contribution in [-0.2, 0) is 14.4 Å². The third-order valence-electron chi connectivity index (χ3n) is 5.67. The molecule has 1 fully saturated rings. The second-order valence-electron chi connectivity index (χ2n) is 8.11. The van der Waals surface area contributed by atoms with Gasteiger partial charge in [-0.3, -0.25) is 19.3 Å².